The van der Waals surface area contributed by atoms with Gasteiger partial charge in [-0.3, -0.25) is 28.8 Å². The van der Waals surface area contributed by atoms with Gasteiger partial charge in [-0.1, -0.05) is 0 Å². The van der Waals surface area contributed by atoms with Crippen molar-refractivity contribution < 1.29 is 38.2 Å². The fourth-order valence-electron chi connectivity index (χ4n) is 1.69. The number of ether oxygens (including phenoxy) is 2. The van der Waals surface area contributed by atoms with Gasteiger partial charge in [0.2, 0.25) is 11.6 Å². The first-order chi connectivity index (χ1) is 12.3. The molecule has 0 aliphatic rings. The molecular formula is C16H24N2O8. The van der Waals surface area contributed by atoms with Crippen molar-refractivity contribution >= 4 is 35.3 Å². The molecule has 0 aliphatic heterocycles. The number of rotatable bonds is 13. The number of Topliss-reactive ketones (excluding diaryl/α,β-unsaturated/α-hetero) is 2. The molecule has 0 aliphatic carbocycles. The van der Waals surface area contributed by atoms with Crippen molar-refractivity contribution in [2.24, 2.45) is 0 Å². The first-order valence-electron chi connectivity index (χ1n) is 8.25. The summed E-state index contributed by atoms with van der Waals surface area (Å²) in [6.07, 6.45) is -0.465. The maximum Gasteiger partial charge on any atom is 0.325 e. The Hall–Kier alpha value is -2.78. The minimum atomic E-state index is -0.921. The molecule has 0 rings (SSSR count). The Labute approximate surface area is 151 Å². The predicted octanol–water partition coefficient (Wildman–Crippen LogP) is -0.956. The first-order valence-corrected chi connectivity index (χ1v) is 8.25. The molecule has 0 aromatic rings. The quantitative estimate of drug-likeness (QED) is 0.239. The van der Waals surface area contributed by atoms with Crippen LogP contribution in [-0.4, -0.2) is 61.6 Å². The first kappa shape index (κ1) is 23.2. The van der Waals surface area contributed by atoms with Gasteiger partial charge in [0, 0.05) is 19.4 Å². The van der Waals surface area contributed by atoms with E-state index >= 15 is 0 Å². The van der Waals surface area contributed by atoms with Crippen molar-refractivity contribution in [3.8, 4) is 0 Å². The number of nitrogens with one attached hydrogen (secondary N) is 2. The summed E-state index contributed by atoms with van der Waals surface area (Å²) in [4.78, 5) is 68.1. The zero-order valence-electron chi connectivity index (χ0n) is 14.9. The molecule has 2 N–H and O–H groups in total. The van der Waals surface area contributed by atoms with Gasteiger partial charge in [-0.25, -0.2) is 0 Å². The van der Waals surface area contributed by atoms with Gasteiger partial charge in [-0.15, -0.1) is 0 Å². The lowest BCUT2D eigenvalue weighted by molar-refractivity contribution is -0.145. The SMILES string of the molecule is CCOC(=O)CCC(=O)C(=O)NCCCC(=O)C(=O)NCC(=O)OCC. The predicted molar refractivity (Wildman–Crippen MR) is 87.8 cm³/mol. The van der Waals surface area contributed by atoms with Crippen molar-refractivity contribution in [1.82, 2.24) is 10.6 Å². The maximum absolute atomic E-state index is 11.5. The third-order valence-corrected chi connectivity index (χ3v) is 2.93. The van der Waals surface area contributed by atoms with E-state index in [1.165, 1.54) is 0 Å². The lowest BCUT2D eigenvalue weighted by Gasteiger charge is -2.05. The molecule has 2 amide bonds. The third-order valence-electron chi connectivity index (χ3n) is 2.93. The Balaban J connectivity index is 3.92. The van der Waals surface area contributed by atoms with Gasteiger partial charge in [-0.2, -0.15) is 0 Å². The molecular weight excluding hydrogens is 348 g/mol. The fourth-order valence-corrected chi connectivity index (χ4v) is 1.69. The average Bonchev–Trinajstić information content (AvgIpc) is 2.61. The van der Waals surface area contributed by atoms with Gasteiger partial charge >= 0.3 is 11.9 Å². The zero-order valence-corrected chi connectivity index (χ0v) is 14.9. The largest absolute Gasteiger partial charge is 0.466 e. The zero-order chi connectivity index (χ0) is 19.9. The van der Waals surface area contributed by atoms with Gasteiger partial charge in [-0.05, 0) is 20.3 Å². The third kappa shape index (κ3) is 10.9. The van der Waals surface area contributed by atoms with Gasteiger partial charge in [0.25, 0.3) is 11.8 Å². The number of hydrogen-bond acceptors (Lipinski definition) is 8. The Morgan fingerprint density at radius 2 is 1.23 bits per heavy atom. The van der Waals surface area contributed by atoms with Crippen molar-refractivity contribution in [2.45, 2.75) is 39.5 Å². The number of amides is 2. The van der Waals surface area contributed by atoms with Crippen LogP contribution < -0.4 is 10.6 Å². The van der Waals surface area contributed by atoms with Crippen molar-refractivity contribution in [3.63, 3.8) is 0 Å². The Kier molecular flexibility index (Phi) is 12.1. The van der Waals surface area contributed by atoms with E-state index in [1.54, 1.807) is 13.8 Å². The molecule has 0 saturated carbocycles. The molecule has 26 heavy (non-hydrogen) atoms. The van der Waals surface area contributed by atoms with E-state index in [9.17, 15) is 28.8 Å². The van der Waals surface area contributed by atoms with Crippen LogP contribution in [0.5, 0.6) is 0 Å². The second kappa shape index (κ2) is 13.5. The minimum Gasteiger partial charge on any atom is -0.466 e. The van der Waals surface area contributed by atoms with Gasteiger partial charge < -0.3 is 20.1 Å². The van der Waals surface area contributed by atoms with E-state index in [1.807, 2.05) is 0 Å². The summed E-state index contributed by atoms with van der Waals surface area (Å²) in [7, 11) is 0. The lowest BCUT2D eigenvalue weighted by atomic mass is 10.2. The van der Waals surface area contributed by atoms with Crippen molar-refractivity contribution in [1.29, 1.82) is 0 Å². The molecule has 0 unspecified atom stereocenters. The monoisotopic (exact) mass is 372 g/mol. The highest BCUT2D eigenvalue weighted by molar-refractivity contribution is 6.37. The van der Waals surface area contributed by atoms with Crippen LogP contribution >= 0.6 is 0 Å². The van der Waals surface area contributed by atoms with Crippen molar-refractivity contribution in [2.75, 3.05) is 26.3 Å². The van der Waals surface area contributed by atoms with E-state index in [2.05, 4.69) is 20.1 Å². The molecule has 0 heterocycles. The highest BCUT2D eigenvalue weighted by Crippen LogP contribution is 1.96. The molecule has 0 atom stereocenters. The average molecular weight is 372 g/mol. The Morgan fingerprint density at radius 3 is 1.85 bits per heavy atom. The van der Waals surface area contributed by atoms with E-state index < -0.39 is 41.9 Å². The minimum absolute atomic E-state index is 0.0148. The molecule has 10 nitrogen and oxygen atoms in total. The summed E-state index contributed by atoms with van der Waals surface area (Å²) in [6, 6.07) is 0. The van der Waals surface area contributed by atoms with E-state index in [-0.39, 0.29) is 45.4 Å². The molecule has 10 heteroatoms. The molecule has 0 aromatic carbocycles. The van der Waals surface area contributed by atoms with Gasteiger partial charge in [0.05, 0.1) is 19.6 Å². The fraction of sp³-hybridized carbons (Fsp3) is 0.625. The van der Waals surface area contributed by atoms with Gasteiger partial charge in [0.1, 0.15) is 6.54 Å². The highest BCUT2D eigenvalue weighted by Gasteiger charge is 2.17. The smallest absolute Gasteiger partial charge is 0.325 e. The maximum atomic E-state index is 11.5. The van der Waals surface area contributed by atoms with E-state index in [0.717, 1.165) is 0 Å². The number of carbonyl (C=O) groups excluding carboxylic acids is 6. The van der Waals surface area contributed by atoms with Crippen LogP contribution in [0.1, 0.15) is 39.5 Å². The highest BCUT2D eigenvalue weighted by atomic mass is 16.5. The van der Waals surface area contributed by atoms with Crippen LogP contribution in [0.2, 0.25) is 0 Å². The van der Waals surface area contributed by atoms with E-state index in [4.69, 9.17) is 0 Å². The van der Waals surface area contributed by atoms with Crippen LogP contribution in [0.3, 0.4) is 0 Å². The Morgan fingerprint density at radius 1 is 0.692 bits per heavy atom. The second-order valence-corrected chi connectivity index (χ2v) is 5.00. The number of esters is 2. The molecule has 0 saturated heterocycles. The van der Waals surface area contributed by atoms with Crippen LogP contribution in [0, 0.1) is 0 Å². The molecule has 0 radical (unpaired) electrons. The molecule has 146 valence electrons. The molecule has 0 bridgehead atoms. The van der Waals surface area contributed by atoms with Crippen molar-refractivity contribution in [3.05, 3.63) is 0 Å². The van der Waals surface area contributed by atoms with Crippen LogP contribution in [-0.2, 0) is 38.2 Å². The standard InChI is InChI=1S/C16H24N2O8/c1-3-25-13(21)8-7-12(20)15(23)17-9-5-6-11(19)16(24)18-10-14(22)26-4-2/h3-10H2,1-2H3,(H,17,23)(H,18,24). The summed E-state index contributed by atoms with van der Waals surface area (Å²) in [6.45, 7) is 3.22. The second-order valence-electron chi connectivity index (χ2n) is 5.00. The van der Waals surface area contributed by atoms with Crippen LogP contribution in [0.25, 0.3) is 0 Å². The summed E-state index contributed by atoms with van der Waals surface area (Å²) in [5, 5.41) is 4.43. The molecule has 0 spiro atoms. The van der Waals surface area contributed by atoms with Gasteiger partial charge in [0.15, 0.2) is 0 Å². The number of ketones is 2. The number of carbonyl (C=O) groups is 6. The summed E-state index contributed by atoms with van der Waals surface area (Å²) in [5.41, 5.74) is 0. The lowest BCUT2D eigenvalue weighted by Crippen LogP contribution is -2.36. The van der Waals surface area contributed by atoms with E-state index in [0.29, 0.717) is 0 Å². The summed E-state index contributed by atoms with van der Waals surface area (Å²) in [5.74, 6) is -4.52. The molecule has 0 aromatic heterocycles. The van der Waals surface area contributed by atoms with Crippen LogP contribution in [0.4, 0.5) is 0 Å². The summed E-state index contributed by atoms with van der Waals surface area (Å²) >= 11 is 0. The number of hydrogen-bond donors (Lipinski definition) is 2. The topological polar surface area (TPSA) is 145 Å². The molecule has 0 fully saturated rings. The summed E-state index contributed by atoms with van der Waals surface area (Å²) < 4.78 is 9.23. The Bertz CT molecular complexity index is 496. The van der Waals surface area contributed by atoms with Crippen LogP contribution in [0.15, 0.2) is 0 Å². The normalized spacial score (nSPS) is 9.77.